The van der Waals surface area contributed by atoms with Gasteiger partial charge in [0, 0.05) is 6.54 Å². The molecule has 0 unspecified atom stereocenters. The van der Waals surface area contributed by atoms with Crippen LogP contribution in [-0.4, -0.2) is 23.2 Å². The Morgan fingerprint density at radius 3 is 2.82 bits per heavy atom. The number of carbonyl (C=O) groups excluding carboxylic acids is 1. The first-order valence-electron chi connectivity index (χ1n) is 9.59. The van der Waals surface area contributed by atoms with Gasteiger partial charge in [0.15, 0.2) is 5.75 Å². The van der Waals surface area contributed by atoms with Crippen molar-refractivity contribution in [2.45, 2.75) is 44.4 Å². The van der Waals surface area contributed by atoms with Crippen LogP contribution in [0.2, 0.25) is 0 Å². The third-order valence-electron chi connectivity index (χ3n) is 5.18. The number of para-hydroxylation sites is 2. The van der Waals surface area contributed by atoms with Crippen molar-refractivity contribution in [3.05, 3.63) is 71.9 Å². The van der Waals surface area contributed by atoms with Crippen molar-refractivity contribution in [1.82, 2.24) is 5.32 Å². The van der Waals surface area contributed by atoms with Gasteiger partial charge in [-0.25, -0.2) is 4.39 Å². The van der Waals surface area contributed by atoms with Crippen molar-refractivity contribution in [1.29, 1.82) is 0 Å². The van der Waals surface area contributed by atoms with E-state index < -0.39 is 6.10 Å². The van der Waals surface area contributed by atoms with Gasteiger partial charge in [-0.3, -0.25) is 4.79 Å². The van der Waals surface area contributed by atoms with Crippen LogP contribution in [-0.2, 0) is 11.3 Å². The normalized spacial score (nSPS) is 21.4. The number of ether oxygens (including phenoxy) is 1. The van der Waals surface area contributed by atoms with E-state index in [1.165, 1.54) is 12.1 Å². The van der Waals surface area contributed by atoms with E-state index in [2.05, 4.69) is 5.32 Å². The molecule has 2 aromatic carbocycles. The molecule has 1 amide bonds. The van der Waals surface area contributed by atoms with Gasteiger partial charge in [0.25, 0.3) is 5.91 Å². The Labute approximate surface area is 163 Å². The fourth-order valence-corrected chi connectivity index (χ4v) is 3.72. The standard InChI is InChI=1S/C22H23FN2O3/c23-16-7-5-6-15(12-16)13-25-14-21(28-20-11-4-2-9-18(20)25)22(27)24-17-8-1-3-10-19(17)26/h2,4-7,9,11-12,14,17,19,26H,1,3,8,10,13H2,(H,24,27)/t17-,19-/m0/s1. The number of hydrogen-bond donors (Lipinski definition) is 2. The van der Waals surface area contributed by atoms with Gasteiger partial charge in [-0.15, -0.1) is 0 Å². The van der Waals surface area contributed by atoms with E-state index in [0.29, 0.717) is 18.7 Å². The quantitative estimate of drug-likeness (QED) is 0.850. The van der Waals surface area contributed by atoms with Gasteiger partial charge in [0.2, 0.25) is 5.76 Å². The van der Waals surface area contributed by atoms with Crippen LogP contribution in [0.25, 0.3) is 0 Å². The Kier molecular flexibility index (Phi) is 5.30. The molecule has 0 saturated heterocycles. The number of anilines is 1. The van der Waals surface area contributed by atoms with E-state index in [0.717, 1.165) is 30.5 Å². The molecule has 0 spiro atoms. The minimum absolute atomic E-state index is 0.160. The molecule has 1 aliphatic heterocycles. The zero-order valence-electron chi connectivity index (χ0n) is 15.5. The van der Waals surface area contributed by atoms with E-state index in [-0.39, 0.29) is 23.5 Å². The molecule has 28 heavy (non-hydrogen) atoms. The van der Waals surface area contributed by atoms with E-state index in [9.17, 15) is 14.3 Å². The number of amides is 1. The highest BCUT2D eigenvalue weighted by molar-refractivity contribution is 5.93. The molecule has 0 radical (unpaired) electrons. The number of fused-ring (bicyclic) bond motifs is 1. The molecule has 0 aromatic heterocycles. The summed E-state index contributed by atoms with van der Waals surface area (Å²) in [4.78, 5) is 14.6. The van der Waals surface area contributed by atoms with Gasteiger partial charge in [0.1, 0.15) is 5.82 Å². The number of rotatable bonds is 4. The summed E-state index contributed by atoms with van der Waals surface area (Å²) in [6.45, 7) is 0.404. The second-order valence-corrected chi connectivity index (χ2v) is 7.25. The van der Waals surface area contributed by atoms with Gasteiger partial charge < -0.3 is 20.1 Å². The third kappa shape index (κ3) is 4.02. The Hall–Kier alpha value is -2.86. The SMILES string of the molecule is O=C(N[C@H]1CCCC[C@@H]1O)C1=CN(Cc2cccc(F)c2)c2ccccc2O1. The summed E-state index contributed by atoms with van der Waals surface area (Å²) < 4.78 is 19.4. The van der Waals surface area contributed by atoms with Gasteiger partial charge in [0.05, 0.1) is 24.0 Å². The van der Waals surface area contributed by atoms with Crippen molar-refractivity contribution in [3.8, 4) is 5.75 Å². The second kappa shape index (κ2) is 8.02. The Balaban J connectivity index is 1.57. The third-order valence-corrected chi connectivity index (χ3v) is 5.18. The van der Waals surface area contributed by atoms with Crippen LogP contribution in [0.3, 0.4) is 0 Å². The van der Waals surface area contributed by atoms with Crippen molar-refractivity contribution in [3.63, 3.8) is 0 Å². The van der Waals surface area contributed by atoms with Crippen molar-refractivity contribution in [2.75, 3.05) is 4.90 Å². The van der Waals surface area contributed by atoms with Crippen LogP contribution in [0, 0.1) is 5.82 Å². The average Bonchev–Trinajstić information content (AvgIpc) is 2.69. The summed E-state index contributed by atoms with van der Waals surface area (Å²) in [7, 11) is 0. The molecule has 2 N–H and O–H groups in total. The highest BCUT2D eigenvalue weighted by Gasteiger charge is 2.29. The van der Waals surface area contributed by atoms with E-state index >= 15 is 0 Å². The lowest BCUT2D eigenvalue weighted by Gasteiger charge is -2.31. The zero-order chi connectivity index (χ0) is 19.5. The summed E-state index contributed by atoms with van der Waals surface area (Å²) in [5, 5.41) is 13.0. The number of halogens is 1. The Morgan fingerprint density at radius 2 is 2.00 bits per heavy atom. The first-order chi connectivity index (χ1) is 13.6. The molecular formula is C22H23FN2O3. The van der Waals surface area contributed by atoms with E-state index in [4.69, 9.17) is 4.74 Å². The summed E-state index contributed by atoms with van der Waals surface area (Å²) in [5.74, 6) is 0.0700. The number of hydrogen-bond acceptors (Lipinski definition) is 4. The molecule has 6 heteroatoms. The Bertz CT molecular complexity index is 899. The maximum atomic E-state index is 13.6. The molecule has 2 atom stereocenters. The summed E-state index contributed by atoms with van der Waals surface area (Å²) in [6, 6.07) is 13.5. The molecular weight excluding hydrogens is 359 g/mol. The first kappa shape index (κ1) is 18.5. The van der Waals surface area contributed by atoms with Crippen LogP contribution in [0.5, 0.6) is 5.75 Å². The maximum Gasteiger partial charge on any atom is 0.288 e. The van der Waals surface area contributed by atoms with Crippen molar-refractivity contribution >= 4 is 11.6 Å². The molecule has 0 bridgehead atoms. The number of benzene rings is 2. The van der Waals surface area contributed by atoms with Gasteiger partial charge in [-0.2, -0.15) is 0 Å². The maximum absolute atomic E-state index is 13.6. The second-order valence-electron chi connectivity index (χ2n) is 7.25. The molecule has 2 aliphatic rings. The van der Waals surface area contributed by atoms with E-state index in [1.807, 2.05) is 29.2 Å². The van der Waals surface area contributed by atoms with Crippen LogP contribution >= 0.6 is 0 Å². The van der Waals surface area contributed by atoms with Crippen molar-refractivity contribution in [2.24, 2.45) is 0 Å². The topological polar surface area (TPSA) is 61.8 Å². The van der Waals surface area contributed by atoms with Crippen LogP contribution in [0.4, 0.5) is 10.1 Å². The average molecular weight is 382 g/mol. The number of aliphatic hydroxyl groups excluding tert-OH is 1. The van der Waals surface area contributed by atoms with Gasteiger partial charge in [-0.05, 0) is 42.7 Å². The highest BCUT2D eigenvalue weighted by atomic mass is 19.1. The van der Waals surface area contributed by atoms with E-state index in [1.54, 1.807) is 18.3 Å². The van der Waals surface area contributed by atoms with Crippen LogP contribution in [0.15, 0.2) is 60.5 Å². The molecule has 2 aromatic rings. The predicted molar refractivity (Wildman–Crippen MR) is 104 cm³/mol. The fraction of sp³-hybridized carbons (Fsp3) is 0.318. The van der Waals surface area contributed by atoms with Crippen LogP contribution in [0.1, 0.15) is 31.2 Å². The zero-order valence-corrected chi connectivity index (χ0v) is 15.5. The number of nitrogens with one attached hydrogen (secondary N) is 1. The number of carbonyl (C=O) groups is 1. The molecule has 1 fully saturated rings. The molecule has 146 valence electrons. The number of aliphatic hydroxyl groups is 1. The monoisotopic (exact) mass is 382 g/mol. The molecule has 4 rings (SSSR count). The smallest absolute Gasteiger partial charge is 0.288 e. The largest absolute Gasteiger partial charge is 0.448 e. The molecule has 1 aliphatic carbocycles. The molecule has 5 nitrogen and oxygen atoms in total. The summed E-state index contributed by atoms with van der Waals surface area (Å²) in [5.41, 5.74) is 1.59. The minimum atomic E-state index is -0.530. The Morgan fingerprint density at radius 1 is 1.18 bits per heavy atom. The summed E-state index contributed by atoms with van der Waals surface area (Å²) >= 11 is 0. The highest BCUT2D eigenvalue weighted by Crippen LogP contribution is 2.35. The minimum Gasteiger partial charge on any atom is -0.448 e. The summed E-state index contributed by atoms with van der Waals surface area (Å²) in [6.07, 6.45) is 4.51. The van der Waals surface area contributed by atoms with Crippen LogP contribution < -0.4 is 15.0 Å². The molecule has 1 heterocycles. The molecule has 1 saturated carbocycles. The first-order valence-corrected chi connectivity index (χ1v) is 9.59. The van der Waals surface area contributed by atoms with Gasteiger partial charge >= 0.3 is 0 Å². The lowest BCUT2D eigenvalue weighted by atomic mass is 9.92. The van der Waals surface area contributed by atoms with Gasteiger partial charge in [-0.1, -0.05) is 37.1 Å². The number of nitrogens with zero attached hydrogens (tertiary/aromatic N) is 1. The predicted octanol–water partition coefficient (Wildman–Crippen LogP) is 3.49. The fourth-order valence-electron chi connectivity index (χ4n) is 3.72. The lowest BCUT2D eigenvalue weighted by Crippen LogP contribution is -2.46. The lowest BCUT2D eigenvalue weighted by molar-refractivity contribution is -0.121. The van der Waals surface area contributed by atoms with Crippen molar-refractivity contribution < 1.29 is 19.0 Å².